The number of aromatic nitrogens is 3. The molecule has 1 fully saturated rings. The van der Waals surface area contributed by atoms with E-state index in [2.05, 4.69) is 15.3 Å². The first-order chi connectivity index (χ1) is 12.9. The van der Waals surface area contributed by atoms with Crippen LogP contribution in [0.1, 0.15) is 50.1 Å². The molecule has 2 aromatic heterocycles. The summed E-state index contributed by atoms with van der Waals surface area (Å²) in [6, 6.07) is 3.20. The molecule has 0 amide bonds. The van der Waals surface area contributed by atoms with E-state index in [0.29, 0.717) is 35.0 Å². The minimum Gasteiger partial charge on any atom is -0.384 e. The van der Waals surface area contributed by atoms with Crippen LogP contribution in [0.15, 0.2) is 23.3 Å². The van der Waals surface area contributed by atoms with Crippen LogP contribution in [0, 0.1) is 12.8 Å². The number of hydrogen-bond acceptors (Lipinski definition) is 8. The first-order valence-electron chi connectivity index (χ1n) is 9.14. The Bertz CT molecular complexity index is 945. The summed E-state index contributed by atoms with van der Waals surface area (Å²) < 4.78 is 1.57. The molecule has 1 aliphatic carbocycles. The summed E-state index contributed by atoms with van der Waals surface area (Å²) in [5.41, 5.74) is 5.89. The van der Waals surface area contributed by atoms with Crippen molar-refractivity contribution in [1.29, 1.82) is 0 Å². The summed E-state index contributed by atoms with van der Waals surface area (Å²) in [5, 5.41) is 25.4. The molecule has 1 saturated carbocycles. The SMILES string of the molecule is Cc1cc(Nc2cc(N)ncn2)c(=O)n2c1C(O)N(O)C21CCCCC1C. The molecule has 0 saturated heterocycles. The van der Waals surface area contributed by atoms with Gasteiger partial charge in [-0.15, -0.1) is 5.06 Å². The zero-order valence-electron chi connectivity index (χ0n) is 15.4. The van der Waals surface area contributed by atoms with E-state index in [9.17, 15) is 15.1 Å². The largest absolute Gasteiger partial charge is 0.384 e. The Morgan fingerprint density at radius 2 is 2.11 bits per heavy atom. The number of aliphatic hydroxyl groups is 1. The standard InChI is InChI=1S/C18H24N6O3/c1-10-7-12(22-14-8-13(19)20-9-21-14)16(25)23-15(10)17(26)24(27)18(23)6-4-3-5-11(18)2/h7-9,11,17,26-27H,3-6H2,1-2H3,(H3,19,20,21,22). The number of nitrogens with two attached hydrogens (primary N) is 1. The normalized spacial score (nSPS) is 27.7. The number of rotatable bonds is 2. The van der Waals surface area contributed by atoms with Crippen molar-refractivity contribution in [3.05, 3.63) is 40.1 Å². The van der Waals surface area contributed by atoms with Crippen LogP contribution in [0.2, 0.25) is 0 Å². The lowest BCUT2D eigenvalue weighted by atomic mass is 9.79. The maximum absolute atomic E-state index is 13.4. The Kier molecular flexibility index (Phi) is 4.17. The molecule has 3 atom stereocenters. The average molecular weight is 372 g/mol. The van der Waals surface area contributed by atoms with Gasteiger partial charge in [-0.3, -0.25) is 9.36 Å². The molecule has 4 rings (SSSR count). The van der Waals surface area contributed by atoms with Crippen LogP contribution in [0.4, 0.5) is 17.3 Å². The Balaban J connectivity index is 1.89. The molecule has 27 heavy (non-hydrogen) atoms. The van der Waals surface area contributed by atoms with Crippen LogP contribution in [0.5, 0.6) is 0 Å². The van der Waals surface area contributed by atoms with Gasteiger partial charge in [-0.2, -0.15) is 0 Å². The number of nitrogens with zero attached hydrogens (tertiary/aromatic N) is 4. The average Bonchev–Trinajstić information content (AvgIpc) is 2.85. The molecule has 2 aromatic rings. The first kappa shape index (κ1) is 17.9. The summed E-state index contributed by atoms with van der Waals surface area (Å²) in [6.07, 6.45) is 3.46. The Labute approximate surface area is 156 Å². The van der Waals surface area contributed by atoms with Crippen LogP contribution in [0.3, 0.4) is 0 Å². The van der Waals surface area contributed by atoms with E-state index >= 15 is 0 Å². The van der Waals surface area contributed by atoms with E-state index in [0.717, 1.165) is 24.3 Å². The van der Waals surface area contributed by atoms with Crippen LogP contribution >= 0.6 is 0 Å². The Hall–Kier alpha value is -2.49. The third kappa shape index (κ3) is 2.53. The predicted molar refractivity (Wildman–Crippen MR) is 99.4 cm³/mol. The minimum atomic E-state index is -1.23. The number of anilines is 3. The lowest BCUT2D eigenvalue weighted by molar-refractivity contribution is -0.284. The van der Waals surface area contributed by atoms with Gasteiger partial charge in [0.05, 0.1) is 5.69 Å². The van der Waals surface area contributed by atoms with Gasteiger partial charge in [0.25, 0.3) is 5.56 Å². The van der Waals surface area contributed by atoms with Crippen molar-refractivity contribution >= 4 is 17.3 Å². The van der Waals surface area contributed by atoms with Crippen molar-refractivity contribution < 1.29 is 10.3 Å². The lowest BCUT2D eigenvalue weighted by Crippen LogP contribution is -2.54. The van der Waals surface area contributed by atoms with Gasteiger partial charge in [-0.05, 0) is 43.7 Å². The molecule has 3 heterocycles. The van der Waals surface area contributed by atoms with Crippen LogP contribution in [-0.4, -0.2) is 29.9 Å². The van der Waals surface area contributed by atoms with Crippen molar-refractivity contribution in [3.8, 4) is 0 Å². The van der Waals surface area contributed by atoms with Crippen molar-refractivity contribution in [1.82, 2.24) is 19.6 Å². The fourth-order valence-corrected chi connectivity index (χ4v) is 4.55. The smallest absolute Gasteiger partial charge is 0.276 e. The molecule has 9 nitrogen and oxygen atoms in total. The maximum atomic E-state index is 13.4. The van der Waals surface area contributed by atoms with E-state index in [4.69, 9.17) is 5.73 Å². The van der Waals surface area contributed by atoms with Gasteiger partial charge in [-0.25, -0.2) is 9.97 Å². The maximum Gasteiger partial charge on any atom is 0.276 e. The van der Waals surface area contributed by atoms with Crippen molar-refractivity contribution in [2.45, 2.75) is 51.4 Å². The minimum absolute atomic E-state index is 0.00851. The van der Waals surface area contributed by atoms with Gasteiger partial charge < -0.3 is 21.4 Å². The quantitative estimate of drug-likeness (QED) is 0.628. The fourth-order valence-electron chi connectivity index (χ4n) is 4.55. The molecule has 0 aromatic carbocycles. The fraction of sp³-hybridized carbons (Fsp3) is 0.500. The summed E-state index contributed by atoms with van der Waals surface area (Å²) >= 11 is 0. The van der Waals surface area contributed by atoms with E-state index in [-0.39, 0.29) is 11.5 Å². The van der Waals surface area contributed by atoms with E-state index in [1.807, 2.05) is 13.8 Å². The van der Waals surface area contributed by atoms with Gasteiger partial charge in [0.1, 0.15) is 29.3 Å². The number of nitrogens with one attached hydrogen (secondary N) is 1. The summed E-state index contributed by atoms with van der Waals surface area (Å²) in [4.78, 5) is 21.3. The summed E-state index contributed by atoms with van der Waals surface area (Å²) in [5.74, 6) is 0.707. The molecule has 3 unspecified atom stereocenters. The number of fused-ring (bicyclic) bond motifs is 2. The lowest BCUT2D eigenvalue weighted by Gasteiger charge is -2.44. The van der Waals surface area contributed by atoms with Gasteiger partial charge in [0.2, 0.25) is 0 Å². The molecular weight excluding hydrogens is 348 g/mol. The molecule has 9 heteroatoms. The van der Waals surface area contributed by atoms with Crippen molar-refractivity contribution in [2.24, 2.45) is 5.92 Å². The van der Waals surface area contributed by atoms with Crippen LogP contribution < -0.4 is 16.6 Å². The van der Waals surface area contributed by atoms with Crippen molar-refractivity contribution in [3.63, 3.8) is 0 Å². The van der Waals surface area contributed by atoms with Gasteiger partial charge >= 0.3 is 0 Å². The zero-order valence-corrected chi connectivity index (χ0v) is 15.4. The molecule has 1 aliphatic heterocycles. The number of aliphatic hydroxyl groups excluding tert-OH is 1. The molecular formula is C18H24N6O3. The molecule has 144 valence electrons. The van der Waals surface area contributed by atoms with E-state index in [1.54, 1.807) is 16.7 Å². The monoisotopic (exact) mass is 372 g/mol. The third-order valence-electron chi connectivity index (χ3n) is 5.87. The highest BCUT2D eigenvalue weighted by molar-refractivity contribution is 5.59. The third-order valence-corrected chi connectivity index (χ3v) is 5.87. The number of aryl methyl sites for hydroxylation is 1. The second kappa shape index (κ2) is 6.29. The topological polar surface area (TPSA) is 130 Å². The number of hydroxylamine groups is 2. The van der Waals surface area contributed by atoms with Crippen molar-refractivity contribution in [2.75, 3.05) is 11.1 Å². The van der Waals surface area contributed by atoms with E-state index in [1.165, 1.54) is 6.33 Å². The highest BCUT2D eigenvalue weighted by Gasteiger charge is 2.55. The number of nitrogen functional groups attached to an aromatic ring is 1. The zero-order chi connectivity index (χ0) is 19.3. The molecule has 2 aliphatic rings. The van der Waals surface area contributed by atoms with Crippen LogP contribution in [0.25, 0.3) is 0 Å². The molecule has 5 N–H and O–H groups in total. The summed E-state index contributed by atoms with van der Waals surface area (Å²) in [7, 11) is 0. The molecule has 1 spiro atoms. The Morgan fingerprint density at radius 3 is 2.81 bits per heavy atom. The Morgan fingerprint density at radius 1 is 1.33 bits per heavy atom. The van der Waals surface area contributed by atoms with Gasteiger partial charge in [-0.1, -0.05) is 13.3 Å². The first-order valence-corrected chi connectivity index (χ1v) is 9.14. The van der Waals surface area contributed by atoms with Crippen LogP contribution in [-0.2, 0) is 5.66 Å². The van der Waals surface area contributed by atoms with E-state index < -0.39 is 11.9 Å². The second-order valence-electron chi connectivity index (χ2n) is 7.46. The predicted octanol–water partition coefficient (Wildman–Crippen LogP) is 1.83. The number of hydrogen-bond donors (Lipinski definition) is 4. The van der Waals surface area contributed by atoms with Gasteiger partial charge in [0.15, 0.2) is 6.23 Å². The summed E-state index contributed by atoms with van der Waals surface area (Å²) in [6.45, 7) is 3.82. The highest BCUT2D eigenvalue weighted by Crippen LogP contribution is 2.49. The molecule has 0 radical (unpaired) electrons. The van der Waals surface area contributed by atoms with Gasteiger partial charge in [0, 0.05) is 6.07 Å². The number of pyridine rings is 1. The molecule has 0 bridgehead atoms. The highest BCUT2D eigenvalue weighted by atomic mass is 16.5. The second-order valence-corrected chi connectivity index (χ2v) is 7.46.